The first-order valence-electron chi connectivity index (χ1n) is 8.01. The minimum Gasteiger partial charge on any atom is -0.493 e. The van der Waals surface area contributed by atoms with Crippen LogP contribution in [0.2, 0.25) is 0 Å². The summed E-state index contributed by atoms with van der Waals surface area (Å²) in [4.78, 5) is 24.7. The van der Waals surface area contributed by atoms with Crippen LogP contribution in [0.3, 0.4) is 0 Å². The summed E-state index contributed by atoms with van der Waals surface area (Å²) in [5.41, 5.74) is -0.431. The van der Waals surface area contributed by atoms with Crippen molar-refractivity contribution in [3.8, 4) is 45.4 Å². The molecule has 2 aromatic carbocycles. The lowest BCUT2D eigenvalue weighted by Crippen LogP contribution is -2.26. The zero-order chi connectivity index (χ0) is 19.0. The number of ether oxygens (including phenoxy) is 4. The molecule has 1 N–H and O–H groups in total. The van der Waals surface area contributed by atoms with Gasteiger partial charge >= 0.3 is 5.63 Å². The molecule has 0 radical (unpaired) electrons. The van der Waals surface area contributed by atoms with Crippen LogP contribution in [0, 0.1) is 0 Å². The number of methoxy groups -OCH3 is 2. The van der Waals surface area contributed by atoms with Crippen molar-refractivity contribution in [2.75, 3.05) is 21.0 Å². The number of fused-ring (bicyclic) bond motifs is 1. The first kappa shape index (κ1) is 16.8. The quantitative estimate of drug-likeness (QED) is 0.705. The average Bonchev–Trinajstić information content (AvgIpc) is 3.19. The number of benzene rings is 2. The summed E-state index contributed by atoms with van der Waals surface area (Å²) < 4.78 is 26.6. The minimum atomic E-state index is -1.02. The van der Waals surface area contributed by atoms with Gasteiger partial charge in [-0.3, -0.25) is 4.79 Å². The number of aromatic amines is 1. The highest BCUT2D eigenvalue weighted by Gasteiger charge is 2.30. The molecule has 8 heteroatoms. The smallest absolute Gasteiger partial charge is 0.403 e. The Balaban J connectivity index is 2.10. The maximum atomic E-state index is 12.7. The van der Waals surface area contributed by atoms with E-state index in [0.29, 0.717) is 34.1 Å². The van der Waals surface area contributed by atoms with Crippen molar-refractivity contribution in [1.82, 2.24) is 5.16 Å². The first-order valence-corrected chi connectivity index (χ1v) is 8.01. The Hall–Kier alpha value is -3.68. The third-order valence-electron chi connectivity index (χ3n) is 4.23. The highest BCUT2D eigenvalue weighted by atomic mass is 16.7. The molecule has 0 spiro atoms. The summed E-state index contributed by atoms with van der Waals surface area (Å²) >= 11 is 0. The predicted octanol–water partition coefficient (Wildman–Crippen LogP) is 2.41. The Bertz CT molecular complexity index is 1120. The third kappa shape index (κ3) is 2.62. The molecule has 0 amide bonds. The SMILES string of the molecule is COc1cc(-c2c(-c3ccccc3)[nH]oc(=O)c2=O)c(OC)c2c1OCO2. The van der Waals surface area contributed by atoms with Gasteiger partial charge in [0.05, 0.1) is 25.5 Å². The van der Waals surface area contributed by atoms with Crippen LogP contribution in [0.25, 0.3) is 22.4 Å². The molecular formula is C19H15NO7. The summed E-state index contributed by atoms with van der Waals surface area (Å²) in [7, 11) is 2.91. The lowest BCUT2D eigenvalue weighted by Gasteiger charge is -2.15. The van der Waals surface area contributed by atoms with Gasteiger partial charge < -0.3 is 23.5 Å². The second kappa shape index (κ2) is 6.56. The normalized spacial score (nSPS) is 12.1. The number of rotatable bonds is 4. The van der Waals surface area contributed by atoms with Crippen LogP contribution in [0.5, 0.6) is 23.0 Å². The molecule has 0 saturated carbocycles. The van der Waals surface area contributed by atoms with Crippen LogP contribution in [0.1, 0.15) is 0 Å². The molecule has 4 rings (SSSR count). The van der Waals surface area contributed by atoms with Crippen LogP contribution in [-0.2, 0) is 0 Å². The van der Waals surface area contributed by atoms with Gasteiger partial charge in [-0.25, -0.2) is 9.95 Å². The van der Waals surface area contributed by atoms with Gasteiger partial charge in [-0.1, -0.05) is 30.3 Å². The van der Waals surface area contributed by atoms with Crippen molar-refractivity contribution >= 4 is 0 Å². The second-order valence-electron chi connectivity index (χ2n) is 5.66. The van der Waals surface area contributed by atoms with Crippen LogP contribution < -0.4 is 30.0 Å². The van der Waals surface area contributed by atoms with E-state index in [1.165, 1.54) is 14.2 Å². The van der Waals surface area contributed by atoms with Crippen molar-refractivity contribution in [2.45, 2.75) is 0 Å². The van der Waals surface area contributed by atoms with E-state index in [9.17, 15) is 9.59 Å². The zero-order valence-corrected chi connectivity index (χ0v) is 14.5. The topological polar surface area (TPSA) is 100.0 Å². The van der Waals surface area contributed by atoms with Crippen molar-refractivity contribution in [2.24, 2.45) is 0 Å². The molecular weight excluding hydrogens is 354 g/mol. The van der Waals surface area contributed by atoms with Gasteiger partial charge in [0.15, 0.2) is 11.5 Å². The van der Waals surface area contributed by atoms with E-state index in [-0.39, 0.29) is 18.1 Å². The molecule has 0 saturated heterocycles. The largest absolute Gasteiger partial charge is 0.493 e. The molecule has 0 unspecified atom stereocenters. The Morgan fingerprint density at radius 3 is 2.44 bits per heavy atom. The zero-order valence-electron chi connectivity index (χ0n) is 14.5. The van der Waals surface area contributed by atoms with Crippen LogP contribution in [0.15, 0.2) is 50.5 Å². The molecule has 2 heterocycles. The highest BCUT2D eigenvalue weighted by molar-refractivity contribution is 5.87. The number of hydrogen-bond acceptors (Lipinski definition) is 7. The van der Waals surface area contributed by atoms with Gasteiger partial charge in [0, 0.05) is 11.1 Å². The maximum absolute atomic E-state index is 12.7. The Morgan fingerprint density at radius 2 is 1.74 bits per heavy atom. The molecule has 1 aromatic heterocycles. The summed E-state index contributed by atoms with van der Waals surface area (Å²) in [6, 6.07) is 10.6. The van der Waals surface area contributed by atoms with Crippen LogP contribution in [0.4, 0.5) is 0 Å². The highest BCUT2D eigenvalue weighted by Crippen LogP contribution is 2.52. The summed E-state index contributed by atoms with van der Waals surface area (Å²) in [5, 5.41) is 2.56. The van der Waals surface area contributed by atoms with E-state index in [1.54, 1.807) is 30.3 Å². The lowest BCUT2D eigenvalue weighted by molar-refractivity contribution is 0.168. The molecule has 0 atom stereocenters. The van der Waals surface area contributed by atoms with Gasteiger partial charge in [0.2, 0.25) is 18.3 Å². The van der Waals surface area contributed by atoms with Gasteiger partial charge in [-0.15, -0.1) is 0 Å². The monoisotopic (exact) mass is 369 g/mol. The molecule has 1 aliphatic rings. The standard InChI is InChI=1S/C19H15NO7/c1-23-12-8-11(16(24-2)18-17(12)25-9-26-18)13-14(10-6-4-3-5-7-10)20-27-19(22)15(13)21/h3-8,20H,9H2,1-2H3. The number of nitrogens with one attached hydrogen (secondary N) is 1. The van der Waals surface area contributed by atoms with E-state index in [4.69, 9.17) is 23.5 Å². The van der Waals surface area contributed by atoms with Crippen LogP contribution in [-0.4, -0.2) is 26.2 Å². The summed E-state index contributed by atoms with van der Waals surface area (Å²) in [5.74, 6) is 1.29. The fraction of sp³-hybridized carbons (Fsp3) is 0.158. The van der Waals surface area contributed by atoms with Gasteiger partial charge in [-0.2, -0.15) is 0 Å². The van der Waals surface area contributed by atoms with Crippen molar-refractivity contribution in [1.29, 1.82) is 0 Å². The first-order chi connectivity index (χ1) is 13.2. The Morgan fingerprint density at radius 1 is 1.00 bits per heavy atom. The predicted molar refractivity (Wildman–Crippen MR) is 95.7 cm³/mol. The van der Waals surface area contributed by atoms with E-state index in [1.807, 2.05) is 6.07 Å². The molecule has 0 fully saturated rings. The van der Waals surface area contributed by atoms with Crippen molar-refractivity contribution in [3.05, 3.63) is 57.0 Å². The van der Waals surface area contributed by atoms with Crippen molar-refractivity contribution < 1.29 is 23.5 Å². The van der Waals surface area contributed by atoms with Gasteiger partial charge in [0.1, 0.15) is 0 Å². The van der Waals surface area contributed by atoms with Gasteiger partial charge in [-0.05, 0) is 6.07 Å². The third-order valence-corrected chi connectivity index (χ3v) is 4.23. The van der Waals surface area contributed by atoms with Gasteiger partial charge in [0.25, 0.3) is 5.43 Å². The lowest BCUT2D eigenvalue weighted by atomic mass is 9.98. The molecule has 8 nitrogen and oxygen atoms in total. The Labute approximate surface area is 152 Å². The fourth-order valence-electron chi connectivity index (χ4n) is 3.03. The van der Waals surface area contributed by atoms with E-state index in [0.717, 1.165) is 0 Å². The number of hydrogen-bond donors (Lipinski definition) is 1. The number of aromatic nitrogens is 1. The molecule has 3 aromatic rings. The summed E-state index contributed by atoms with van der Waals surface area (Å²) in [6.07, 6.45) is 0. The molecule has 27 heavy (non-hydrogen) atoms. The van der Waals surface area contributed by atoms with E-state index in [2.05, 4.69) is 5.16 Å². The van der Waals surface area contributed by atoms with E-state index >= 15 is 0 Å². The fourth-order valence-corrected chi connectivity index (χ4v) is 3.03. The van der Waals surface area contributed by atoms with E-state index < -0.39 is 11.1 Å². The number of H-pyrrole nitrogens is 1. The average molecular weight is 369 g/mol. The molecule has 0 bridgehead atoms. The minimum absolute atomic E-state index is 0.00959. The Kier molecular flexibility index (Phi) is 4.08. The molecule has 0 aliphatic carbocycles. The second-order valence-corrected chi connectivity index (χ2v) is 5.66. The van der Waals surface area contributed by atoms with Crippen LogP contribution >= 0.6 is 0 Å². The summed E-state index contributed by atoms with van der Waals surface area (Å²) in [6.45, 7) is -0.00959. The molecule has 1 aliphatic heterocycles. The maximum Gasteiger partial charge on any atom is 0.403 e. The van der Waals surface area contributed by atoms with Crippen molar-refractivity contribution in [3.63, 3.8) is 0 Å². The molecule has 138 valence electrons.